The first-order chi connectivity index (χ1) is 12.0. The number of anilines is 3. The molecular weight excluding hydrogens is 334 g/mol. The number of aryl methyl sites for hydroxylation is 1. The van der Waals surface area contributed by atoms with E-state index in [9.17, 15) is 10.1 Å². The highest BCUT2D eigenvalue weighted by atomic mass is 32.2. The van der Waals surface area contributed by atoms with E-state index >= 15 is 0 Å². The minimum absolute atomic E-state index is 0.0361. The predicted octanol–water partition coefficient (Wildman–Crippen LogP) is 5.38. The molecule has 0 atom stereocenters. The molecule has 0 aromatic heterocycles. The molecule has 0 unspecified atom stereocenters. The number of benzene rings is 3. The summed E-state index contributed by atoms with van der Waals surface area (Å²) in [5.41, 5.74) is 8.71. The zero-order chi connectivity index (χ0) is 17.8. The number of hydrogen-bond donors (Lipinski definition) is 2. The molecule has 25 heavy (non-hydrogen) atoms. The van der Waals surface area contributed by atoms with Crippen LogP contribution in [0.2, 0.25) is 0 Å². The summed E-state index contributed by atoms with van der Waals surface area (Å²) in [6, 6.07) is 20.3. The molecule has 3 aromatic carbocycles. The Morgan fingerprint density at radius 3 is 2.24 bits per heavy atom. The van der Waals surface area contributed by atoms with E-state index in [1.807, 2.05) is 37.3 Å². The largest absolute Gasteiger partial charge is 0.399 e. The lowest BCUT2D eigenvalue weighted by atomic mass is 10.2. The molecule has 0 amide bonds. The number of rotatable bonds is 5. The van der Waals surface area contributed by atoms with Crippen LogP contribution in [0.4, 0.5) is 22.7 Å². The monoisotopic (exact) mass is 351 g/mol. The van der Waals surface area contributed by atoms with E-state index in [4.69, 9.17) is 5.73 Å². The summed E-state index contributed by atoms with van der Waals surface area (Å²) in [4.78, 5) is 12.9. The molecule has 0 heterocycles. The van der Waals surface area contributed by atoms with Gasteiger partial charge in [0.15, 0.2) is 0 Å². The Labute approximate surface area is 150 Å². The average Bonchev–Trinajstić information content (AvgIpc) is 2.60. The third-order valence-corrected chi connectivity index (χ3v) is 4.61. The van der Waals surface area contributed by atoms with Gasteiger partial charge in [-0.2, -0.15) is 0 Å². The van der Waals surface area contributed by atoms with Crippen molar-refractivity contribution < 1.29 is 4.92 Å². The lowest BCUT2D eigenvalue weighted by Gasteiger charge is -2.09. The summed E-state index contributed by atoms with van der Waals surface area (Å²) < 4.78 is 0. The molecule has 0 radical (unpaired) electrons. The Hall–Kier alpha value is -2.99. The Bertz CT molecular complexity index is 894. The van der Waals surface area contributed by atoms with Crippen LogP contribution in [0, 0.1) is 17.0 Å². The fourth-order valence-electron chi connectivity index (χ4n) is 2.30. The van der Waals surface area contributed by atoms with Crippen LogP contribution in [0.15, 0.2) is 76.5 Å². The van der Waals surface area contributed by atoms with Gasteiger partial charge in [0.25, 0.3) is 5.69 Å². The second-order valence-corrected chi connectivity index (χ2v) is 6.75. The van der Waals surface area contributed by atoms with Gasteiger partial charge >= 0.3 is 0 Å². The zero-order valence-corrected chi connectivity index (χ0v) is 14.4. The molecular formula is C19H17N3O2S. The second kappa shape index (κ2) is 7.27. The van der Waals surface area contributed by atoms with Crippen molar-refractivity contribution in [1.82, 2.24) is 0 Å². The van der Waals surface area contributed by atoms with Gasteiger partial charge in [0, 0.05) is 27.2 Å². The van der Waals surface area contributed by atoms with Crippen molar-refractivity contribution in [1.29, 1.82) is 0 Å². The molecule has 0 saturated heterocycles. The van der Waals surface area contributed by atoms with Gasteiger partial charge in [-0.05, 0) is 55.5 Å². The highest BCUT2D eigenvalue weighted by Gasteiger charge is 2.15. The molecule has 0 fully saturated rings. The zero-order valence-electron chi connectivity index (χ0n) is 13.6. The summed E-state index contributed by atoms with van der Waals surface area (Å²) in [6.07, 6.45) is 0. The van der Waals surface area contributed by atoms with Crippen molar-refractivity contribution in [2.75, 3.05) is 11.1 Å². The molecule has 5 nitrogen and oxygen atoms in total. The number of nitrogens with two attached hydrogens (primary N) is 1. The first-order valence-electron chi connectivity index (χ1n) is 7.67. The van der Waals surface area contributed by atoms with E-state index in [-0.39, 0.29) is 10.6 Å². The van der Waals surface area contributed by atoms with Crippen LogP contribution < -0.4 is 11.1 Å². The quantitative estimate of drug-likeness (QED) is 0.366. The molecule has 0 spiro atoms. The lowest BCUT2D eigenvalue weighted by Crippen LogP contribution is -1.97. The van der Waals surface area contributed by atoms with Crippen molar-refractivity contribution in [3.8, 4) is 0 Å². The van der Waals surface area contributed by atoms with E-state index in [0.29, 0.717) is 11.4 Å². The Balaban J connectivity index is 1.86. The van der Waals surface area contributed by atoms with Gasteiger partial charge in [-0.25, -0.2) is 0 Å². The van der Waals surface area contributed by atoms with Crippen molar-refractivity contribution >= 4 is 34.5 Å². The summed E-state index contributed by atoms with van der Waals surface area (Å²) in [6.45, 7) is 2.02. The van der Waals surface area contributed by atoms with Gasteiger partial charge in [-0.1, -0.05) is 29.5 Å². The molecule has 0 aliphatic heterocycles. The Morgan fingerprint density at radius 1 is 0.960 bits per heavy atom. The van der Waals surface area contributed by atoms with Gasteiger partial charge in [0.1, 0.15) is 5.69 Å². The van der Waals surface area contributed by atoms with Crippen LogP contribution in [0.3, 0.4) is 0 Å². The fraction of sp³-hybridized carbons (Fsp3) is 0.0526. The molecule has 3 aromatic rings. The average molecular weight is 351 g/mol. The van der Waals surface area contributed by atoms with Crippen molar-refractivity contribution in [2.24, 2.45) is 0 Å². The maximum atomic E-state index is 11.5. The molecule has 0 aliphatic rings. The van der Waals surface area contributed by atoms with E-state index in [0.717, 1.165) is 15.5 Å². The highest BCUT2D eigenvalue weighted by Crippen LogP contribution is 2.35. The minimum atomic E-state index is -0.376. The van der Waals surface area contributed by atoms with Gasteiger partial charge < -0.3 is 11.1 Å². The number of hydrogen-bond acceptors (Lipinski definition) is 5. The smallest absolute Gasteiger partial charge is 0.293 e. The predicted molar refractivity (Wildman–Crippen MR) is 103 cm³/mol. The molecule has 6 heteroatoms. The third-order valence-electron chi connectivity index (χ3n) is 3.61. The summed E-state index contributed by atoms with van der Waals surface area (Å²) in [5.74, 6) is 0. The number of nitrogens with one attached hydrogen (secondary N) is 1. The number of nitrogen functional groups attached to an aromatic ring is 1. The van der Waals surface area contributed by atoms with Crippen LogP contribution in [0.1, 0.15) is 5.56 Å². The standard InChI is InChI=1S/C19H17N3O2S/c1-13-2-8-16(9-3-13)25-17-10-11-18(19(12-17)22(23)24)21-15-6-4-14(20)5-7-15/h2-12,21H,20H2,1H3. The normalized spacial score (nSPS) is 10.4. The van der Waals surface area contributed by atoms with Crippen LogP contribution in [-0.4, -0.2) is 4.92 Å². The van der Waals surface area contributed by atoms with E-state index < -0.39 is 0 Å². The number of nitro benzene ring substituents is 1. The van der Waals surface area contributed by atoms with E-state index in [1.54, 1.807) is 36.4 Å². The van der Waals surface area contributed by atoms with Gasteiger partial charge in [-0.3, -0.25) is 10.1 Å². The Kier molecular flexibility index (Phi) is 4.90. The van der Waals surface area contributed by atoms with Crippen molar-refractivity contribution in [3.05, 3.63) is 82.4 Å². The molecule has 3 N–H and O–H groups in total. The first kappa shape index (κ1) is 16.9. The van der Waals surface area contributed by atoms with Crippen LogP contribution >= 0.6 is 11.8 Å². The molecule has 126 valence electrons. The molecule has 3 rings (SSSR count). The maximum Gasteiger partial charge on any atom is 0.293 e. The van der Waals surface area contributed by atoms with Gasteiger partial charge in [0.2, 0.25) is 0 Å². The van der Waals surface area contributed by atoms with Crippen molar-refractivity contribution in [3.63, 3.8) is 0 Å². The van der Waals surface area contributed by atoms with E-state index in [1.165, 1.54) is 17.3 Å². The van der Waals surface area contributed by atoms with Crippen LogP contribution in [-0.2, 0) is 0 Å². The minimum Gasteiger partial charge on any atom is -0.399 e. The Morgan fingerprint density at radius 2 is 1.60 bits per heavy atom. The second-order valence-electron chi connectivity index (χ2n) is 5.60. The summed E-state index contributed by atoms with van der Waals surface area (Å²) in [5, 5.41) is 14.5. The van der Waals surface area contributed by atoms with Crippen LogP contribution in [0.25, 0.3) is 0 Å². The maximum absolute atomic E-state index is 11.5. The third kappa shape index (κ3) is 4.30. The fourth-order valence-corrected chi connectivity index (χ4v) is 3.15. The van der Waals surface area contributed by atoms with Gasteiger partial charge in [0.05, 0.1) is 4.92 Å². The molecule has 0 aliphatic carbocycles. The topological polar surface area (TPSA) is 81.2 Å². The van der Waals surface area contributed by atoms with Crippen LogP contribution in [0.5, 0.6) is 0 Å². The number of nitrogens with zero attached hydrogens (tertiary/aromatic N) is 1. The number of nitro groups is 1. The van der Waals surface area contributed by atoms with Crippen molar-refractivity contribution in [2.45, 2.75) is 16.7 Å². The summed E-state index contributed by atoms with van der Waals surface area (Å²) in [7, 11) is 0. The first-order valence-corrected chi connectivity index (χ1v) is 8.48. The molecule has 0 saturated carbocycles. The molecule has 0 bridgehead atoms. The lowest BCUT2D eigenvalue weighted by molar-refractivity contribution is -0.384. The summed E-state index contributed by atoms with van der Waals surface area (Å²) >= 11 is 1.50. The SMILES string of the molecule is Cc1ccc(Sc2ccc(Nc3ccc(N)cc3)c([N+](=O)[O-])c2)cc1. The van der Waals surface area contributed by atoms with E-state index in [2.05, 4.69) is 5.32 Å². The van der Waals surface area contributed by atoms with Gasteiger partial charge in [-0.15, -0.1) is 0 Å². The highest BCUT2D eigenvalue weighted by molar-refractivity contribution is 7.99.